The Kier molecular flexibility index (Phi) is 4.26. The summed E-state index contributed by atoms with van der Waals surface area (Å²) >= 11 is 7.36. The number of carboxylic acids is 1. The van der Waals surface area contributed by atoms with Crippen molar-refractivity contribution in [3.8, 4) is 0 Å². The number of hydrogen-bond acceptors (Lipinski definition) is 4. The first-order valence-electron chi connectivity index (χ1n) is 5.61. The molecule has 4 N–H and O–H groups in total. The van der Waals surface area contributed by atoms with Crippen LogP contribution in [0.15, 0.2) is 35.7 Å². The van der Waals surface area contributed by atoms with Crippen LogP contribution in [-0.4, -0.2) is 17.0 Å². The zero-order valence-electron chi connectivity index (χ0n) is 10.2. The summed E-state index contributed by atoms with van der Waals surface area (Å²) in [5.74, 6) is -1.60. The number of rotatable bonds is 5. The molecule has 1 heterocycles. The van der Waals surface area contributed by atoms with Crippen LogP contribution in [0.2, 0.25) is 5.02 Å². The van der Waals surface area contributed by atoms with Gasteiger partial charge in [-0.2, -0.15) is 0 Å². The largest absolute Gasteiger partial charge is 0.479 e. The van der Waals surface area contributed by atoms with E-state index >= 15 is 0 Å². The molecule has 0 bridgehead atoms. The molecule has 0 saturated heterocycles. The molecule has 104 valence electrons. The van der Waals surface area contributed by atoms with E-state index in [0.717, 1.165) is 0 Å². The highest BCUT2D eigenvalue weighted by atomic mass is 35.5. The lowest BCUT2D eigenvalue weighted by Gasteiger charge is -2.15. The molecule has 2 aromatic rings. The normalized spacial score (nSPS) is 11.8. The molecule has 1 unspecified atom stereocenters. The number of nitrogens with one attached hydrogen (secondary N) is 1. The zero-order valence-corrected chi connectivity index (χ0v) is 11.7. The van der Waals surface area contributed by atoms with Crippen molar-refractivity contribution in [2.75, 3.05) is 5.32 Å². The Labute approximate surface area is 124 Å². The molecule has 1 atom stereocenters. The zero-order chi connectivity index (χ0) is 14.7. The van der Waals surface area contributed by atoms with Crippen LogP contribution in [-0.2, 0) is 4.79 Å². The first-order chi connectivity index (χ1) is 9.49. The Balaban J connectivity index is 2.28. The summed E-state index contributed by atoms with van der Waals surface area (Å²) in [7, 11) is 0. The predicted octanol–water partition coefficient (Wildman–Crippen LogP) is 2.74. The van der Waals surface area contributed by atoms with Crippen molar-refractivity contribution in [1.29, 1.82) is 0 Å². The summed E-state index contributed by atoms with van der Waals surface area (Å²) in [6.45, 7) is 0. The summed E-state index contributed by atoms with van der Waals surface area (Å²) in [5.41, 5.74) is 5.84. The van der Waals surface area contributed by atoms with Gasteiger partial charge in [0.2, 0.25) is 5.91 Å². The molecule has 5 nitrogen and oxygen atoms in total. The maximum Gasteiger partial charge on any atom is 0.331 e. The fourth-order valence-electron chi connectivity index (χ4n) is 1.65. The first kappa shape index (κ1) is 14.4. The minimum Gasteiger partial charge on any atom is -0.479 e. The van der Waals surface area contributed by atoms with Crippen molar-refractivity contribution in [3.05, 3.63) is 51.2 Å². The van der Waals surface area contributed by atoms with Crippen LogP contribution in [0.1, 0.15) is 21.3 Å². The third kappa shape index (κ3) is 3.09. The van der Waals surface area contributed by atoms with Crippen molar-refractivity contribution < 1.29 is 14.7 Å². The lowest BCUT2D eigenvalue weighted by molar-refractivity contribution is -0.138. The summed E-state index contributed by atoms with van der Waals surface area (Å²) < 4.78 is 0. The van der Waals surface area contributed by atoms with Crippen molar-refractivity contribution in [2.45, 2.75) is 6.04 Å². The molecule has 0 aliphatic heterocycles. The summed E-state index contributed by atoms with van der Waals surface area (Å²) in [6, 6.07) is 7.03. The lowest BCUT2D eigenvalue weighted by Crippen LogP contribution is -2.19. The van der Waals surface area contributed by atoms with Crippen LogP contribution in [0.3, 0.4) is 0 Å². The van der Waals surface area contributed by atoms with Crippen LogP contribution in [0, 0.1) is 0 Å². The molecular formula is C13H11ClN2O3S. The Morgan fingerprint density at radius 2 is 2.10 bits per heavy atom. The maximum atomic E-state index is 11.3. The minimum absolute atomic E-state index is 0.240. The van der Waals surface area contributed by atoms with E-state index in [1.807, 2.05) is 0 Å². The molecule has 2 rings (SSSR count). The SMILES string of the molecule is NC(=O)c1ccc(NC(C(=O)O)c2cccs2)c(Cl)c1. The minimum atomic E-state index is -1.01. The highest BCUT2D eigenvalue weighted by Gasteiger charge is 2.21. The van der Waals surface area contributed by atoms with Crippen molar-refractivity contribution in [1.82, 2.24) is 0 Å². The molecule has 1 aromatic heterocycles. The Morgan fingerprint density at radius 3 is 2.60 bits per heavy atom. The monoisotopic (exact) mass is 310 g/mol. The standard InChI is InChI=1S/C13H11ClN2O3S/c14-8-6-7(12(15)17)3-4-9(8)16-11(13(18)19)10-2-1-5-20-10/h1-6,11,16H,(H2,15,17)(H,18,19). The Hall–Kier alpha value is -2.05. The summed E-state index contributed by atoms with van der Waals surface area (Å²) in [4.78, 5) is 23.0. The van der Waals surface area contributed by atoms with Crippen LogP contribution in [0.5, 0.6) is 0 Å². The topological polar surface area (TPSA) is 92.4 Å². The number of amides is 1. The molecule has 1 aromatic carbocycles. The quantitative estimate of drug-likeness (QED) is 0.791. The van der Waals surface area contributed by atoms with E-state index in [9.17, 15) is 14.7 Å². The van der Waals surface area contributed by atoms with Gasteiger partial charge in [0.1, 0.15) is 0 Å². The van der Waals surface area contributed by atoms with Gasteiger partial charge < -0.3 is 16.2 Å². The third-order valence-corrected chi connectivity index (χ3v) is 3.88. The van der Waals surface area contributed by atoms with E-state index in [1.54, 1.807) is 17.5 Å². The number of thiophene rings is 1. The molecule has 0 aliphatic rings. The first-order valence-corrected chi connectivity index (χ1v) is 6.87. The number of benzene rings is 1. The molecule has 0 aliphatic carbocycles. The Morgan fingerprint density at radius 1 is 1.35 bits per heavy atom. The molecule has 0 spiro atoms. The molecule has 20 heavy (non-hydrogen) atoms. The molecule has 1 amide bonds. The maximum absolute atomic E-state index is 11.3. The van der Waals surface area contributed by atoms with Gasteiger partial charge in [-0.1, -0.05) is 17.7 Å². The highest BCUT2D eigenvalue weighted by molar-refractivity contribution is 7.10. The smallest absolute Gasteiger partial charge is 0.331 e. The van der Waals surface area contributed by atoms with Gasteiger partial charge in [-0.15, -0.1) is 11.3 Å². The Bertz CT molecular complexity index is 643. The summed E-state index contributed by atoms with van der Waals surface area (Å²) in [5, 5.41) is 14.1. The van der Waals surface area contributed by atoms with Crippen molar-refractivity contribution in [2.24, 2.45) is 5.73 Å². The van der Waals surface area contributed by atoms with Crippen LogP contribution < -0.4 is 11.1 Å². The predicted molar refractivity (Wildman–Crippen MR) is 78.3 cm³/mol. The number of nitrogens with two attached hydrogens (primary N) is 1. The van der Waals surface area contributed by atoms with Crippen LogP contribution >= 0.6 is 22.9 Å². The number of aliphatic carboxylic acids is 1. The average Bonchev–Trinajstić information content (AvgIpc) is 2.90. The van der Waals surface area contributed by atoms with E-state index in [4.69, 9.17) is 17.3 Å². The van der Waals surface area contributed by atoms with E-state index in [1.165, 1.54) is 29.5 Å². The van der Waals surface area contributed by atoms with Gasteiger partial charge in [-0.3, -0.25) is 4.79 Å². The van der Waals surface area contributed by atoms with E-state index in [-0.39, 0.29) is 10.6 Å². The second-order valence-electron chi connectivity index (χ2n) is 3.99. The van der Waals surface area contributed by atoms with E-state index in [2.05, 4.69) is 5.32 Å². The third-order valence-electron chi connectivity index (χ3n) is 2.63. The molecule has 0 saturated carbocycles. The molecular weight excluding hydrogens is 300 g/mol. The van der Waals surface area contributed by atoms with Crippen molar-refractivity contribution >= 4 is 40.5 Å². The number of halogens is 1. The molecule has 7 heteroatoms. The van der Waals surface area contributed by atoms with Gasteiger partial charge in [-0.05, 0) is 29.6 Å². The number of hydrogen-bond donors (Lipinski definition) is 3. The van der Waals surface area contributed by atoms with E-state index in [0.29, 0.717) is 10.6 Å². The molecule has 0 fully saturated rings. The second-order valence-corrected chi connectivity index (χ2v) is 5.38. The molecule has 0 radical (unpaired) electrons. The van der Waals surface area contributed by atoms with Gasteiger partial charge in [-0.25, -0.2) is 4.79 Å². The number of anilines is 1. The highest BCUT2D eigenvalue weighted by Crippen LogP contribution is 2.29. The average molecular weight is 311 g/mol. The summed E-state index contributed by atoms with van der Waals surface area (Å²) in [6.07, 6.45) is 0. The number of carbonyl (C=O) groups excluding carboxylic acids is 1. The van der Waals surface area contributed by atoms with Gasteiger partial charge in [0.05, 0.1) is 10.7 Å². The van der Waals surface area contributed by atoms with Gasteiger partial charge >= 0.3 is 5.97 Å². The lowest BCUT2D eigenvalue weighted by atomic mass is 10.1. The fourth-order valence-corrected chi connectivity index (χ4v) is 2.65. The van der Waals surface area contributed by atoms with Crippen LogP contribution in [0.25, 0.3) is 0 Å². The second kappa shape index (κ2) is 5.94. The fraction of sp³-hybridized carbons (Fsp3) is 0.0769. The van der Waals surface area contributed by atoms with Crippen molar-refractivity contribution in [3.63, 3.8) is 0 Å². The number of carbonyl (C=O) groups is 2. The van der Waals surface area contributed by atoms with Gasteiger partial charge in [0.15, 0.2) is 6.04 Å². The van der Waals surface area contributed by atoms with Gasteiger partial charge in [0, 0.05) is 10.4 Å². The van der Waals surface area contributed by atoms with Crippen LogP contribution in [0.4, 0.5) is 5.69 Å². The number of carboxylic acid groups (broad SMARTS) is 1. The van der Waals surface area contributed by atoms with Gasteiger partial charge in [0.25, 0.3) is 0 Å². The van der Waals surface area contributed by atoms with E-state index < -0.39 is 17.9 Å². The number of primary amides is 1.